The molecule has 26 heavy (non-hydrogen) atoms. The number of fused-ring (bicyclic) bond motifs is 1. The van der Waals surface area contributed by atoms with Gasteiger partial charge >= 0.3 is 0 Å². The molecule has 0 aliphatic rings. The third kappa shape index (κ3) is 5.07. The normalized spacial score (nSPS) is 11.4. The average molecular weight is 352 g/mol. The molecule has 3 aromatic rings. The van der Waals surface area contributed by atoms with Crippen LogP contribution in [0.1, 0.15) is 23.2 Å². The average Bonchev–Trinajstić information content (AvgIpc) is 3.05. The summed E-state index contributed by atoms with van der Waals surface area (Å²) in [6.45, 7) is 5.58. The number of hydrogen-bond donors (Lipinski definition) is 1. The number of nitrogens with zero attached hydrogens (tertiary/aromatic N) is 3. The number of hydrogen-bond acceptors (Lipinski definition) is 4. The zero-order valence-electron chi connectivity index (χ0n) is 15.9. The molecule has 3 rings (SSSR count). The molecule has 5 nitrogen and oxygen atoms in total. The third-order valence-electron chi connectivity index (χ3n) is 4.33. The summed E-state index contributed by atoms with van der Waals surface area (Å²) in [5.41, 5.74) is 4.36. The number of aryl methyl sites for hydroxylation is 1. The van der Waals surface area contributed by atoms with Gasteiger partial charge in [0.15, 0.2) is 0 Å². The Balaban J connectivity index is 1.47. The van der Waals surface area contributed by atoms with E-state index in [1.165, 1.54) is 11.1 Å². The zero-order chi connectivity index (χ0) is 18.4. The van der Waals surface area contributed by atoms with Crippen LogP contribution in [0.25, 0.3) is 5.65 Å². The fraction of sp³-hybridized carbons (Fsp3) is 0.381. The Kier molecular flexibility index (Phi) is 6.26. The molecule has 1 aromatic carbocycles. The van der Waals surface area contributed by atoms with Crippen LogP contribution in [0.4, 0.5) is 0 Å². The molecule has 0 atom stereocenters. The molecular weight excluding hydrogens is 324 g/mol. The van der Waals surface area contributed by atoms with E-state index in [1.807, 2.05) is 35.0 Å². The summed E-state index contributed by atoms with van der Waals surface area (Å²) >= 11 is 0. The van der Waals surface area contributed by atoms with Gasteiger partial charge in [0.25, 0.3) is 0 Å². The standard InChI is InChI=1S/C21H28N4O/c1-17-6-4-13-25-15-19(23-21(17)25)16-26-20-9-7-18(8-10-20)14-22-11-5-12-24(2)3/h4,6-10,13,15,22H,5,11-12,14,16H2,1-3H3. The Hall–Kier alpha value is -2.37. The summed E-state index contributed by atoms with van der Waals surface area (Å²) in [6, 6.07) is 12.4. The van der Waals surface area contributed by atoms with Crippen LogP contribution in [0.2, 0.25) is 0 Å². The van der Waals surface area contributed by atoms with Gasteiger partial charge < -0.3 is 19.4 Å². The van der Waals surface area contributed by atoms with Gasteiger partial charge in [-0.25, -0.2) is 4.98 Å². The summed E-state index contributed by atoms with van der Waals surface area (Å²) < 4.78 is 7.92. The van der Waals surface area contributed by atoms with E-state index in [-0.39, 0.29) is 0 Å². The van der Waals surface area contributed by atoms with Crippen LogP contribution in [0.15, 0.2) is 48.8 Å². The largest absolute Gasteiger partial charge is 0.487 e. The molecule has 0 bridgehead atoms. The quantitative estimate of drug-likeness (QED) is 0.600. The van der Waals surface area contributed by atoms with Crippen molar-refractivity contribution >= 4 is 5.65 Å². The van der Waals surface area contributed by atoms with Crippen molar-refractivity contribution < 1.29 is 4.74 Å². The van der Waals surface area contributed by atoms with E-state index < -0.39 is 0 Å². The number of nitrogens with one attached hydrogen (secondary N) is 1. The molecule has 0 spiro atoms. The van der Waals surface area contributed by atoms with Crippen LogP contribution in [-0.4, -0.2) is 41.5 Å². The van der Waals surface area contributed by atoms with Crippen LogP contribution < -0.4 is 10.1 Å². The molecule has 0 fully saturated rings. The molecule has 0 saturated heterocycles. The smallest absolute Gasteiger partial charge is 0.140 e. The van der Waals surface area contributed by atoms with Crippen molar-refractivity contribution in [3.05, 3.63) is 65.6 Å². The lowest BCUT2D eigenvalue weighted by Crippen LogP contribution is -2.20. The minimum Gasteiger partial charge on any atom is -0.487 e. The summed E-state index contributed by atoms with van der Waals surface area (Å²) in [5.74, 6) is 0.870. The lowest BCUT2D eigenvalue weighted by atomic mass is 10.2. The van der Waals surface area contributed by atoms with Gasteiger partial charge in [0.2, 0.25) is 0 Å². The first-order chi connectivity index (χ1) is 12.6. The van der Waals surface area contributed by atoms with Crippen molar-refractivity contribution in [2.24, 2.45) is 0 Å². The van der Waals surface area contributed by atoms with Crippen molar-refractivity contribution in [3.8, 4) is 5.75 Å². The molecule has 2 aromatic heterocycles. The molecule has 0 aliphatic heterocycles. The molecule has 5 heteroatoms. The van der Waals surface area contributed by atoms with Crippen LogP contribution in [0.3, 0.4) is 0 Å². The van der Waals surface area contributed by atoms with Crippen molar-refractivity contribution in [3.63, 3.8) is 0 Å². The molecule has 0 unspecified atom stereocenters. The van der Waals surface area contributed by atoms with Crippen molar-refractivity contribution in [2.45, 2.75) is 26.5 Å². The highest BCUT2D eigenvalue weighted by molar-refractivity contribution is 5.47. The fourth-order valence-corrected chi connectivity index (χ4v) is 2.89. The van der Waals surface area contributed by atoms with Crippen LogP contribution in [0.5, 0.6) is 5.75 Å². The highest BCUT2D eigenvalue weighted by atomic mass is 16.5. The maximum absolute atomic E-state index is 5.88. The van der Waals surface area contributed by atoms with Crippen LogP contribution in [-0.2, 0) is 13.2 Å². The maximum Gasteiger partial charge on any atom is 0.140 e. The molecule has 0 amide bonds. The predicted molar refractivity (Wildman–Crippen MR) is 106 cm³/mol. The molecule has 138 valence electrons. The Morgan fingerprint density at radius 2 is 1.96 bits per heavy atom. The maximum atomic E-state index is 5.88. The fourth-order valence-electron chi connectivity index (χ4n) is 2.89. The SMILES string of the molecule is Cc1cccn2cc(COc3ccc(CNCCCN(C)C)cc3)nc12. The first-order valence-corrected chi connectivity index (χ1v) is 9.12. The first kappa shape index (κ1) is 18.4. The molecule has 0 radical (unpaired) electrons. The first-order valence-electron chi connectivity index (χ1n) is 9.12. The van der Waals surface area contributed by atoms with Gasteiger partial charge in [-0.15, -0.1) is 0 Å². The van der Waals surface area contributed by atoms with Crippen LogP contribution >= 0.6 is 0 Å². The molecule has 2 heterocycles. The van der Waals surface area contributed by atoms with Crippen molar-refractivity contribution in [1.29, 1.82) is 0 Å². The van der Waals surface area contributed by atoms with E-state index in [4.69, 9.17) is 4.74 Å². The number of pyridine rings is 1. The van der Waals surface area contributed by atoms with E-state index in [0.29, 0.717) is 6.61 Å². The monoisotopic (exact) mass is 352 g/mol. The van der Waals surface area contributed by atoms with E-state index in [1.54, 1.807) is 0 Å². The predicted octanol–water partition coefficient (Wildman–Crippen LogP) is 3.26. The third-order valence-corrected chi connectivity index (χ3v) is 4.33. The van der Waals surface area contributed by atoms with Crippen LogP contribution in [0, 0.1) is 6.92 Å². The van der Waals surface area contributed by atoms with E-state index in [2.05, 4.69) is 54.4 Å². The highest BCUT2D eigenvalue weighted by Crippen LogP contribution is 2.15. The van der Waals surface area contributed by atoms with E-state index in [0.717, 1.165) is 43.1 Å². The van der Waals surface area contributed by atoms with Gasteiger partial charge in [0.05, 0.1) is 5.69 Å². The summed E-state index contributed by atoms with van der Waals surface area (Å²) in [7, 11) is 4.21. The Labute approximate surface area is 155 Å². The van der Waals surface area contributed by atoms with E-state index in [9.17, 15) is 0 Å². The van der Waals surface area contributed by atoms with Crippen molar-refractivity contribution in [2.75, 3.05) is 27.2 Å². The lowest BCUT2D eigenvalue weighted by molar-refractivity contribution is 0.302. The van der Waals surface area contributed by atoms with Gasteiger partial charge in [-0.3, -0.25) is 0 Å². The van der Waals surface area contributed by atoms with Gasteiger partial charge in [-0.2, -0.15) is 0 Å². The second-order valence-corrected chi connectivity index (χ2v) is 6.92. The Morgan fingerprint density at radius 1 is 1.15 bits per heavy atom. The second kappa shape index (κ2) is 8.83. The number of ether oxygens (including phenoxy) is 1. The molecule has 0 saturated carbocycles. The molecular formula is C21H28N4O. The van der Waals surface area contributed by atoms with Gasteiger partial charge in [0.1, 0.15) is 18.0 Å². The summed E-state index contributed by atoms with van der Waals surface area (Å²) in [5, 5.41) is 3.47. The summed E-state index contributed by atoms with van der Waals surface area (Å²) in [6.07, 6.45) is 5.19. The topological polar surface area (TPSA) is 41.8 Å². The number of rotatable bonds is 9. The Bertz CT molecular complexity index is 824. The highest BCUT2D eigenvalue weighted by Gasteiger charge is 2.04. The van der Waals surface area contributed by atoms with Gasteiger partial charge in [0, 0.05) is 18.9 Å². The second-order valence-electron chi connectivity index (χ2n) is 6.92. The molecule has 1 N–H and O–H groups in total. The minimum atomic E-state index is 0.475. The Morgan fingerprint density at radius 3 is 2.69 bits per heavy atom. The summed E-state index contributed by atoms with van der Waals surface area (Å²) in [4.78, 5) is 6.85. The number of benzene rings is 1. The van der Waals surface area contributed by atoms with E-state index >= 15 is 0 Å². The van der Waals surface area contributed by atoms with Gasteiger partial charge in [-0.1, -0.05) is 18.2 Å². The van der Waals surface area contributed by atoms with Crippen molar-refractivity contribution in [1.82, 2.24) is 19.6 Å². The lowest BCUT2D eigenvalue weighted by Gasteiger charge is -2.10. The number of imidazole rings is 1. The number of aromatic nitrogens is 2. The molecule has 0 aliphatic carbocycles. The van der Waals surface area contributed by atoms with Gasteiger partial charge in [-0.05, 0) is 69.9 Å². The zero-order valence-corrected chi connectivity index (χ0v) is 15.9. The minimum absolute atomic E-state index is 0.475.